The molecule has 0 aliphatic heterocycles. The lowest BCUT2D eigenvalue weighted by atomic mass is 9.93. The highest BCUT2D eigenvalue weighted by atomic mass is 16.3. The van der Waals surface area contributed by atoms with E-state index in [1.165, 1.54) is 6.26 Å². The Morgan fingerprint density at radius 1 is 1.05 bits per heavy atom. The van der Waals surface area contributed by atoms with E-state index < -0.39 is 0 Å². The van der Waals surface area contributed by atoms with Gasteiger partial charge in [0.05, 0.1) is 10.9 Å². The van der Waals surface area contributed by atoms with Gasteiger partial charge in [-0.3, -0.25) is 4.79 Å². The van der Waals surface area contributed by atoms with Gasteiger partial charge in [-0.25, -0.2) is 0 Å². The van der Waals surface area contributed by atoms with Gasteiger partial charge < -0.3 is 9.52 Å². The number of aromatic hydroxyl groups is 1. The first-order valence-corrected chi connectivity index (χ1v) is 7.28. The molecule has 0 saturated carbocycles. The van der Waals surface area contributed by atoms with Crippen molar-refractivity contribution >= 4 is 17.0 Å². The van der Waals surface area contributed by atoms with Crippen molar-refractivity contribution in [2.24, 2.45) is 0 Å². The molecule has 108 valence electrons. The van der Waals surface area contributed by atoms with Crippen LogP contribution in [0.15, 0.2) is 57.9 Å². The van der Waals surface area contributed by atoms with E-state index in [-0.39, 0.29) is 11.2 Å². The number of hydrogen-bond donors (Lipinski definition) is 1. The maximum Gasteiger partial charge on any atom is 0.201 e. The van der Waals surface area contributed by atoms with E-state index in [1.807, 2.05) is 18.2 Å². The fraction of sp³-hybridized carbons (Fsp3) is 0.105. The highest BCUT2D eigenvalue weighted by molar-refractivity contribution is 5.91. The molecule has 3 aromatic rings. The zero-order chi connectivity index (χ0) is 15.1. The summed E-state index contributed by atoms with van der Waals surface area (Å²) in [6.45, 7) is 0. The Morgan fingerprint density at radius 2 is 1.91 bits per heavy atom. The summed E-state index contributed by atoms with van der Waals surface area (Å²) in [7, 11) is 0. The lowest BCUT2D eigenvalue weighted by Gasteiger charge is -2.13. The summed E-state index contributed by atoms with van der Waals surface area (Å²) < 4.78 is 5.65. The number of phenols is 1. The predicted octanol–water partition coefficient (Wildman–Crippen LogP) is 4.13. The third-order valence-corrected chi connectivity index (χ3v) is 4.13. The standard InChI is InChI=1S/C19H14O3/c20-16-8-4-3-7-14(16)15-11-22-17-10-9-12-5-1-2-6-13(12)18(17)19(15)21/h2-4,6-11,20H,1,5H2. The second-order valence-electron chi connectivity index (χ2n) is 5.45. The number of allylic oxidation sites excluding steroid dienone is 1. The molecule has 0 unspecified atom stereocenters. The van der Waals surface area contributed by atoms with E-state index >= 15 is 0 Å². The van der Waals surface area contributed by atoms with Crippen LogP contribution in [-0.4, -0.2) is 5.11 Å². The average molecular weight is 290 g/mol. The van der Waals surface area contributed by atoms with Crippen molar-refractivity contribution in [1.82, 2.24) is 0 Å². The number of fused-ring (bicyclic) bond motifs is 3. The molecule has 3 nitrogen and oxygen atoms in total. The van der Waals surface area contributed by atoms with Gasteiger partial charge in [-0.05, 0) is 36.1 Å². The smallest absolute Gasteiger partial charge is 0.201 e. The molecule has 0 radical (unpaired) electrons. The Balaban J connectivity index is 2.08. The molecule has 2 aromatic carbocycles. The Labute approximate surface area is 127 Å². The molecule has 1 aliphatic carbocycles. The van der Waals surface area contributed by atoms with Crippen LogP contribution in [0.3, 0.4) is 0 Å². The molecule has 0 bridgehead atoms. The Hall–Kier alpha value is -2.81. The van der Waals surface area contributed by atoms with Gasteiger partial charge in [-0.15, -0.1) is 0 Å². The zero-order valence-corrected chi connectivity index (χ0v) is 11.9. The van der Waals surface area contributed by atoms with E-state index in [1.54, 1.807) is 24.3 Å². The van der Waals surface area contributed by atoms with Crippen LogP contribution >= 0.6 is 0 Å². The number of phenolic OH excluding ortho intramolecular Hbond substituents is 1. The van der Waals surface area contributed by atoms with E-state index in [0.29, 0.717) is 22.1 Å². The van der Waals surface area contributed by atoms with Gasteiger partial charge in [-0.1, -0.05) is 36.4 Å². The summed E-state index contributed by atoms with van der Waals surface area (Å²) in [6, 6.07) is 10.7. The summed E-state index contributed by atoms with van der Waals surface area (Å²) in [6.07, 6.45) is 7.42. The topological polar surface area (TPSA) is 50.4 Å². The summed E-state index contributed by atoms with van der Waals surface area (Å²) in [5, 5.41) is 10.6. The number of aryl methyl sites for hydroxylation is 1. The summed E-state index contributed by atoms with van der Waals surface area (Å²) >= 11 is 0. The van der Waals surface area contributed by atoms with Gasteiger partial charge >= 0.3 is 0 Å². The molecule has 1 aliphatic rings. The average Bonchev–Trinajstić information content (AvgIpc) is 2.56. The van der Waals surface area contributed by atoms with Crippen molar-refractivity contribution in [2.75, 3.05) is 0 Å². The normalized spacial score (nSPS) is 13.3. The van der Waals surface area contributed by atoms with Gasteiger partial charge in [0.1, 0.15) is 17.6 Å². The summed E-state index contributed by atoms with van der Waals surface area (Å²) in [4.78, 5) is 12.9. The zero-order valence-electron chi connectivity index (χ0n) is 11.9. The third-order valence-electron chi connectivity index (χ3n) is 4.13. The molecular weight excluding hydrogens is 276 g/mol. The monoisotopic (exact) mass is 290 g/mol. The number of benzene rings is 2. The van der Waals surface area contributed by atoms with Crippen molar-refractivity contribution in [3.8, 4) is 16.9 Å². The minimum atomic E-state index is -0.105. The van der Waals surface area contributed by atoms with Crippen LogP contribution in [0.2, 0.25) is 0 Å². The number of para-hydroxylation sites is 1. The first-order chi connectivity index (χ1) is 10.8. The van der Waals surface area contributed by atoms with Crippen LogP contribution in [0.4, 0.5) is 0 Å². The number of rotatable bonds is 1. The lowest BCUT2D eigenvalue weighted by molar-refractivity contribution is 0.477. The molecule has 1 aromatic heterocycles. The van der Waals surface area contributed by atoms with Crippen LogP contribution in [0.1, 0.15) is 17.5 Å². The molecule has 0 amide bonds. The Bertz CT molecular complexity index is 964. The SMILES string of the molecule is O=c1c(-c2ccccc2O)coc2ccc3c(c12)C=CCC3. The highest BCUT2D eigenvalue weighted by Gasteiger charge is 2.17. The van der Waals surface area contributed by atoms with Gasteiger partial charge in [0.25, 0.3) is 0 Å². The maximum atomic E-state index is 12.9. The van der Waals surface area contributed by atoms with E-state index in [0.717, 1.165) is 24.0 Å². The molecule has 0 spiro atoms. The molecule has 4 rings (SSSR count). The maximum absolute atomic E-state index is 12.9. The van der Waals surface area contributed by atoms with Crippen LogP contribution in [-0.2, 0) is 6.42 Å². The second-order valence-corrected chi connectivity index (χ2v) is 5.45. The van der Waals surface area contributed by atoms with Crippen molar-refractivity contribution in [3.63, 3.8) is 0 Å². The van der Waals surface area contributed by atoms with Crippen molar-refractivity contribution in [1.29, 1.82) is 0 Å². The van der Waals surface area contributed by atoms with Gasteiger partial charge in [0, 0.05) is 5.56 Å². The molecular formula is C19H14O3. The van der Waals surface area contributed by atoms with E-state index in [9.17, 15) is 9.90 Å². The molecule has 1 N–H and O–H groups in total. The fourth-order valence-corrected chi connectivity index (χ4v) is 3.02. The van der Waals surface area contributed by atoms with Crippen LogP contribution < -0.4 is 5.43 Å². The molecule has 3 heteroatoms. The minimum Gasteiger partial charge on any atom is -0.507 e. The second kappa shape index (κ2) is 4.88. The molecule has 0 fully saturated rings. The Kier molecular flexibility index (Phi) is 2.86. The number of hydrogen-bond acceptors (Lipinski definition) is 3. The Morgan fingerprint density at radius 3 is 2.77 bits per heavy atom. The highest BCUT2D eigenvalue weighted by Crippen LogP contribution is 2.31. The molecule has 1 heterocycles. The summed E-state index contributed by atoms with van der Waals surface area (Å²) in [5.41, 5.74) is 3.46. The first-order valence-electron chi connectivity index (χ1n) is 7.28. The van der Waals surface area contributed by atoms with Gasteiger partial charge in [0.15, 0.2) is 0 Å². The van der Waals surface area contributed by atoms with Gasteiger partial charge in [-0.2, -0.15) is 0 Å². The minimum absolute atomic E-state index is 0.0782. The first kappa shape index (κ1) is 12.9. The van der Waals surface area contributed by atoms with Gasteiger partial charge in [0.2, 0.25) is 5.43 Å². The van der Waals surface area contributed by atoms with Crippen molar-refractivity contribution < 1.29 is 9.52 Å². The van der Waals surface area contributed by atoms with Crippen LogP contribution in [0.5, 0.6) is 5.75 Å². The van der Waals surface area contributed by atoms with E-state index in [2.05, 4.69) is 6.08 Å². The fourth-order valence-electron chi connectivity index (χ4n) is 3.02. The van der Waals surface area contributed by atoms with Crippen molar-refractivity contribution in [3.05, 3.63) is 70.1 Å². The van der Waals surface area contributed by atoms with Crippen molar-refractivity contribution in [2.45, 2.75) is 12.8 Å². The lowest BCUT2D eigenvalue weighted by Crippen LogP contribution is -2.08. The largest absolute Gasteiger partial charge is 0.507 e. The van der Waals surface area contributed by atoms with Crippen LogP contribution in [0.25, 0.3) is 28.2 Å². The van der Waals surface area contributed by atoms with Crippen LogP contribution in [0, 0.1) is 0 Å². The predicted molar refractivity (Wildman–Crippen MR) is 86.9 cm³/mol. The molecule has 0 atom stereocenters. The quantitative estimate of drug-likeness (QED) is 0.733. The summed E-state index contributed by atoms with van der Waals surface area (Å²) in [5.74, 6) is 0.0782. The molecule has 0 saturated heterocycles. The van der Waals surface area contributed by atoms with E-state index in [4.69, 9.17) is 4.42 Å². The third kappa shape index (κ3) is 1.86. The molecule has 22 heavy (non-hydrogen) atoms.